The molecule has 3 heterocycles. The minimum Gasteiger partial charge on any atom is -0.456 e. The van der Waals surface area contributed by atoms with Gasteiger partial charge in [-0.2, -0.15) is 0 Å². The van der Waals surface area contributed by atoms with Gasteiger partial charge in [-0.25, -0.2) is 0 Å². The van der Waals surface area contributed by atoms with Crippen LogP contribution in [0.2, 0.25) is 0 Å². The highest BCUT2D eigenvalue weighted by Gasteiger charge is 2.41. The van der Waals surface area contributed by atoms with Crippen LogP contribution in [0.1, 0.15) is 61.3 Å². The van der Waals surface area contributed by atoms with Crippen molar-refractivity contribution in [3.05, 3.63) is 23.7 Å². The second-order valence-corrected chi connectivity index (χ2v) is 8.03. The first kappa shape index (κ1) is 17.1. The quantitative estimate of drug-likeness (QED) is 0.843. The summed E-state index contributed by atoms with van der Waals surface area (Å²) < 4.78 is 12.0. The number of furan rings is 1. The van der Waals surface area contributed by atoms with Gasteiger partial charge in [0.05, 0.1) is 11.7 Å². The third-order valence-corrected chi connectivity index (χ3v) is 6.18. The Kier molecular flexibility index (Phi) is 4.87. The molecular formula is C20H30N2O3. The number of carbonyl (C=O) groups excluding carboxylic acids is 1. The van der Waals surface area contributed by atoms with Crippen LogP contribution in [-0.2, 0) is 4.74 Å². The molecule has 0 radical (unpaired) electrons. The summed E-state index contributed by atoms with van der Waals surface area (Å²) in [6, 6.07) is 3.63. The zero-order valence-corrected chi connectivity index (χ0v) is 15.3. The van der Waals surface area contributed by atoms with Crippen molar-refractivity contribution in [2.75, 3.05) is 32.7 Å². The van der Waals surface area contributed by atoms with Crippen molar-refractivity contribution in [3.8, 4) is 0 Å². The van der Waals surface area contributed by atoms with Gasteiger partial charge < -0.3 is 14.1 Å². The minimum absolute atomic E-state index is 0.0195. The van der Waals surface area contributed by atoms with E-state index < -0.39 is 0 Å². The van der Waals surface area contributed by atoms with Crippen LogP contribution in [-0.4, -0.2) is 60.1 Å². The molecule has 1 aliphatic carbocycles. The van der Waals surface area contributed by atoms with E-state index in [-0.39, 0.29) is 11.5 Å². The van der Waals surface area contributed by atoms with E-state index in [2.05, 4.69) is 4.90 Å². The Balaban J connectivity index is 1.25. The Hall–Kier alpha value is -1.33. The highest BCUT2D eigenvalue weighted by molar-refractivity contribution is 5.91. The number of carbonyl (C=O) groups is 1. The highest BCUT2D eigenvalue weighted by Crippen LogP contribution is 2.42. The lowest BCUT2D eigenvalue weighted by molar-refractivity contribution is -0.0737. The van der Waals surface area contributed by atoms with E-state index >= 15 is 0 Å². The Bertz CT molecular complexity index is 598. The van der Waals surface area contributed by atoms with Crippen LogP contribution in [0.5, 0.6) is 0 Å². The number of hydrogen-bond acceptors (Lipinski definition) is 4. The van der Waals surface area contributed by atoms with Crippen LogP contribution >= 0.6 is 0 Å². The molecule has 5 heteroatoms. The zero-order chi connectivity index (χ0) is 17.3. The van der Waals surface area contributed by atoms with E-state index in [1.807, 2.05) is 17.9 Å². The lowest BCUT2D eigenvalue weighted by Crippen LogP contribution is -2.50. The predicted molar refractivity (Wildman–Crippen MR) is 95.7 cm³/mol. The number of piperazine rings is 1. The van der Waals surface area contributed by atoms with Gasteiger partial charge in [0.2, 0.25) is 0 Å². The molecule has 3 aliphatic rings. The SMILES string of the molecule is Cc1ccc(C(=O)N2CCN(C[C@H]3CCC4(CCCCC4)O3)CC2)o1. The van der Waals surface area contributed by atoms with Gasteiger partial charge in [0.1, 0.15) is 5.76 Å². The van der Waals surface area contributed by atoms with Crippen molar-refractivity contribution in [2.45, 2.75) is 63.6 Å². The molecule has 1 saturated carbocycles. The molecule has 1 spiro atoms. The summed E-state index contributed by atoms with van der Waals surface area (Å²) in [5, 5.41) is 0. The Labute approximate surface area is 150 Å². The number of aryl methyl sites for hydroxylation is 1. The fourth-order valence-electron chi connectivity index (χ4n) is 4.71. The average Bonchev–Trinajstić information content (AvgIpc) is 3.23. The fourth-order valence-corrected chi connectivity index (χ4v) is 4.71. The maximum atomic E-state index is 12.5. The predicted octanol–water partition coefficient (Wildman–Crippen LogP) is 3.23. The van der Waals surface area contributed by atoms with E-state index in [1.165, 1.54) is 44.9 Å². The van der Waals surface area contributed by atoms with E-state index in [1.54, 1.807) is 6.07 Å². The second-order valence-electron chi connectivity index (χ2n) is 8.03. The van der Waals surface area contributed by atoms with Crippen molar-refractivity contribution in [1.29, 1.82) is 0 Å². The molecule has 4 rings (SSSR count). The molecule has 2 aliphatic heterocycles. The molecule has 1 amide bonds. The topological polar surface area (TPSA) is 45.9 Å². The van der Waals surface area contributed by atoms with Gasteiger partial charge in [-0.15, -0.1) is 0 Å². The van der Waals surface area contributed by atoms with Gasteiger partial charge in [-0.1, -0.05) is 19.3 Å². The van der Waals surface area contributed by atoms with Crippen LogP contribution in [0.3, 0.4) is 0 Å². The smallest absolute Gasteiger partial charge is 0.289 e. The molecule has 5 nitrogen and oxygen atoms in total. The van der Waals surface area contributed by atoms with Gasteiger partial charge in [-0.05, 0) is 44.7 Å². The molecule has 3 fully saturated rings. The molecule has 0 aromatic carbocycles. The molecule has 1 aromatic rings. The summed E-state index contributed by atoms with van der Waals surface area (Å²) >= 11 is 0. The Morgan fingerprint density at radius 3 is 2.56 bits per heavy atom. The summed E-state index contributed by atoms with van der Waals surface area (Å²) in [6.45, 7) is 6.29. The van der Waals surface area contributed by atoms with Crippen molar-refractivity contribution >= 4 is 5.91 Å². The second kappa shape index (κ2) is 7.12. The van der Waals surface area contributed by atoms with Crippen LogP contribution in [0.4, 0.5) is 0 Å². The van der Waals surface area contributed by atoms with Crippen molar-refractivity contribution < 1.29 is 13.9 Å². The first-order valence-corrected chi connectivity index (χ1v) is 9.89. The highest BCUT2D eigenvalue weighted by atomic mass is 16.5. The monoisotopic (exact) mass is 346 g/mol. The summed E-state index contributed by atoms with van der Waals surface area (Å²) in [7, 11) is 0. The van der Waals surface area contributed by atoms with Gasteiger partial charge in [-0.3, -0.25) is 9.69 Å². The number of ether oxygens (including phenoxy) is 1. The van der Waals surface area contributed by atoms with Gasteiger partial charge in [0.15, 0.2) is 5.76 Å². The van der Waals surface area contributed by atoms with E-state index in [0.717, 1.165) is 38.5 Å². The molecular weight excluding hydrogens is 316 g/mol. The molecule has 1 aromatic heterocycles. The molecule has 25 heavy (non-hydrogen) atoms. The van der Waals surface area contributed by atoms with Crippen LogP contribution in [0.15, 0.2) is 16.5 Å². The third kappa shape index (κ3) is 3.77. The van der Waals surface area contributed by atoms with E-state index in [0.29, 0.717) is 11.9 Å². The van der Waals surface area contributed by atoms with Gasteiger partial charge in [0.25, 0.3) is 5.91 Å². The molecule has 2 saturated heterocycles. The first-order chi connectivity index (χ1) is 12.1. The van der Waals surface area contributed by atoms with E-state index in [9.17, 15) is 4.79 Å². The Morgan fingerprint density at radius 2 is 1.88 bits per heavy atom. The van der Waals surface area contributed by atoms with Gasteiger partial charge in [0, 0.05) is 32.7 Å². The summed E-state index contributed by atoms with van der Waals surface area (Å²) in [5.41, 5.74) is 0.206. The average molecular weight is 346 g/mol. The lowest BCUT2D eigenvalue weighted by Gasteiger charge is -2.37. The largest absolute Gasteiger partial charge is 0.456 e. The summed E-state index contributed by atoms with van der Waals surface area (Å²) in [6.07, 6.45) is 9.38. The molecule has 0 unspecified atom stereocenters. The van der Waals surface area contributed by atoms with Crippen LogP contribution in [0.25, 0.3) is 0 Å². The zero-order valence-electron chi connectivity index (χ0n) is 15.3. The first-order valence-electron chi connectivity index (χ1n) is 9.89. The van der Waals surface area contributed by atoms with Crippen molar-refractivity contribution in [3.63, 3.8) is 0 Å². The molecule has 0 N–H and O–H groups in total. The number of nitrogens with zero attached hydrogens (tertiary/aromatic N) is 2. The van der Waals surface area contributed by atoms with Crippen molar-refractivity contribution in [1.82, 2.24) is 9.80 Å². The normalized spacial score (nSPS) is 27.1. The molecule has 0 bridgehead atoms. The van der Waals surface area contributed by atoms with Crippen molar-refractivity contribution in [2.24, 2.45) is 0 Å². The fraction of sp³-hybridized carbons (Fsp3) is 0.750. The Morgan fingerprint density at radius 1 is 1.12 bits per heavy atom. The summed E-state index contributed by atoms with van der Waals surface area (Å²) in [4.78, 5) is 16.8. The number of rotatable bonds is 3. The molecule has 1 atom stereocenters. The molecule has 138 valence electrons. The lowest BCUT2D eigenvalue weighted by atomic mass is 9.83. The summed E-state index contributed by atoms with van der Waals surface area (Å²) in [5.74, 6) is 1.27. The van der Waals surface area contributed by atoms with Gasteiger partial charge >= 0.3 is 0 Å². The third-order valence-electron chi connectivity index (χ3n) is 6.18. The number of amides is 1. The van der Waals surface area contributed by atoms with E-state index in [4.69, 9.17) is 9.15 Å². The maximum Gasteiger partial charge on any atom is 0.289 e. The number of hydrogen-bond donors (Lipinski definition) is 0. The minimum atomic E-state index is 0.0195. The standard InChI is InChI=1S/C20H30N2O3/c1-16-5-6-18(24-16)19(23)22-13-11-21(12-14-22)15-17-7-10-20(25-17)8-3-2-4-9-20/h5-6,17H,2-4,7-15H2,1H3/t17-/m1/s1. The van der Waals surface area contributed by atoms with Crippen LogP contribution in [0, 0.1) is 6.92 Å². The maximum absolute atomic E-state index is 12.5. The van der Waals surface area contributed by atoms with Crippen LogP contribution < -0.4 is 0 Å².